The molecule has 0 saturated heterocycles. The van der Waals surface area contributed by atoms with Crippen LogP contribution in [0.15, 0.2) is 90.9 Å². The monoisotopic (exact) mass is 1230 g/mol. The summed E-state index contributed by atoms with van der Waals surface area (Å²) >= 11 is 25.2. The van der Waals surface area contributed by atoms with E-state index in [1.54, 1.807) is 26.0 Å². The lowest BCUT2D eigenvalue weighted by atomic mass is 10.1. The minimum atomic E-state index is -4.82. The zero-order valence-corrected chi connectivity index (χ0v) is 40.2. The van der Waals surface area contributed by atoms with Crippen molar-refractivity contribution in [3.05, 3.63) is 135 Å². The minimum Gasteiger partial charge on any atom is -0.355 e. The maximum atomic E-state index is 13.4. The SMILES string of the molecule is C.C.C.CC(C)NC(=O)c1cc(Br)cc(Br)c1NC(=O)c1cc(C(F)(F)F)nn1-c1ncccc1Cl.CNC(=O)c1cc(Br)cc(Br)c1NC(=O)c1cc(C(F)(F)F)nn1-c1ncccc1Cl. The van der Waals surface area contributed by atoms with Gasteiger partial charge in [-0.1, -0.05) is 77.3 Å². The molecule has 4 heterocycles. The number of hydrogen-bond acceptors (Lipinski definition) is 8. The first kappa shape index (κ1) is 58.2. The van der Waals surface area contributed by atoms with E-state index in [1.807, 2.05) is 0 Å². The van der Waals surface area contributed by atoms with Crippen LogP contribution in [0.3, 0.4) is 0 Å². The first-order valence-corrected chi connectivity index (χ1v) is 21.5. The first-order chi connectivity index (χ1) is 29.9. The average Bonchev–Trinajstić information content (AvgIpc) is 3.87. The molecular formula is C41H38Br4Cl2F6N10O4. The number of nitrogens with one attached hydrogen (secondary N) is 4. The van der Waals surface area contributed by atoms with Gasteiger partial charge in [0.25, 0.3) is 23.6 Å². The molecule has 14 nitrogen and oxygen atoms in total. The summed E-state index contributed by atoms with van der Waals surface area (Å²) in [6.07, 6.45) is -7.03. The Hall–Kier alpha value is -4.88. The van der Waals surface area contributed by atoms with Crippen molar-refractivity contribution in [1.82, 2.24) is 40.2 Å². The fraction of sp³-hybridized carbons (Fsp3) is 0.220. The molecule has 0 radical (unpaired) electrons. The average molecular weight is 1240 g/mol. The van der Waals surface area contributed by atoms with Gasteiger partial charge in [-0.25, -0.2) is 19.3 Å². The van der Waals surface area contributed by atoms with Gasteiger partial charge in [0.1, 0.15) is 11.4 Å². The fourth-order valence-corrected chi connectivity index (χ4v) is 8.39. The van der Waals surface area contributed by atoms with E-state index in [9.17, 15) is 45.5 Å². The Morgan fingerprint density at radius 2 is 0.985 bits per heavy atom. The number of anilines is 2. The zero-order valence-electron chi connectivity index (χ0n) is 32.4. The van der Waals surface area contributed by atoms with Crippen molar-refractivity contribution in [2.24, 2.45) is 0 Å². The topological polar surface area (TPSA) is 178 Å². The molecule has 67 heavy (non-hydrogen) atoms. The van der Waals surface area contributed by atoms with Crippen LogP contribution < -0.4 is 21.3 Å². The van der Waals surface area contributed by atoms with Crippen molar-refractivity contribution < 1.29 is 45.5 Å². The van der Waals surface area contributed by atoms with Gasteiger partial charge in [0.05, 0.1) is 32.5 Å². The van der Waals surface area contributed by atoms with E-state index in [0.29, 0.717) is 39.4 Å². The van der Waals surface area contributed by atoms with E-state index >= 15 is 0 Å². The van der Waals surface area contributed by atoms with Crippen molar-refractivity contribution in [2.75, 3.05) is 17.7 Å². The van der Waals surface area contributed by atoms with Crippen molar-refractivity contribution in [2.45, 2.75) is 54.5 Å². The molecule has 6 rings (SSSR count). The molecular weight excluding hydrogens is 1200 g/mol. The summed E-state index contributed by atoms with van der Waals surface area (Å²) in [5, 5.41) is 17.1. The lowest BCUT2D eigenvalue weighted by Crippen LogP contribution is -2.31. The van der Waals surface area contributed by atoms with Crippen LogP contribution in [0.5, 0.6) is 0 Å². The number of rotatable bonds is 9. The molecule has 0 fully saturated rings. The van der Waals surface area contributed by atoms with Crippen LogP contribution in [-0.2, 0) is 12.4 Å². The summed E-state index contributed by atoms with van der Waals surface area (Å²) in [7, 11) is 1.40. The molecule has 0 aliphatic heterocycles. The lowest BCUT2D eigenvalue weighted by Gasteiger charge is -2.16. The van der Waals surface area contributed by atoms with E-state index in [0.717, 1.165) is 0 Å². The maximum absolute atomic E-state index is 13.4. The van der Waals surface area contributed by atoms with E-state index < -0.39 is 58.8 Å². The van der Waals surface area contributed by atoms with Gasteiger partial charge in [0, 0.05) is 55.5 Å². The highest BCUT2D eigenvalue weighted by molar-refractivity contribution is 9.11. The number of amides is 4. The highest BCUT2D eigenvalue weighted by atomic mass is 79.9. The van der Waals surface area contributed by atoms with Crippen molar-refractivity contribution >= 4 is 122 Å². The Labute approximate surface area is 423 Å². The Balaban J connectivity index is 0.000000441. The number of halogens is 12. The molecule has 0 unspecified atom stereocenters. The molecule has 4 N–H and O–H groups in total. The summed E-state index contributed by atoms with van der Waals surface area (Å²) in [4.78, 5) is 58.9. The van der Waals surface area contributed by atoms with Crippen molar-refractivity contribution in [3.8, 4) is 11.6 Å². The number of carbonyl (C=O) groups is 4. The maximum Gasteiger partial charge on any atom is 0.435 e. The molecule has 4 amide bonds. The molecule has 0 aliphatic rings. The standard InChI is InChI=1S/C20H15Br2ClF3N5O2.C18H11Br2ClF3N5O2.3CH4/c1-9(2)28-18(32)11-6-10(21)7-12(22)16(11)29-19(33)14-8-15(20(24,25)26)30-31(14)17-13(23)4-3-5-27-17;1-25-16(30)9-5-8(19)6-10(20)14(9)27-17(31)12-7-13(18(22,23)24)28-29(12)15-11(21)3-2-4-26-15;;;/h3-9H,1-2H3,(H,28,32)(H,29,33);2-7H,1H3,(H,25,30)(H,27,31);3*1H4. The lowest BCUT2D eigenvalue weighted by molar-refractivity contribution is -0.142. The predicted octanol–water partition coefficient (Wildman–Crippen LogP) is 12.8. The van der Waals surface area contributed by atoms with E-state index in [1.165, 1.54) is 55.8 Å². The molecule has 6 aromatic rings. The Morgan fingerprint density at radius 1 is 0.612 bits per heavy atom. The highest BCUT2D eigenvalue weighted by Crippen LogP contribution is 2.36. The quantitative estimate of drug-likeness (QED) is 0.103. The van der Waals surface area contributed by atoms with Gasteiger partial charge in [-0.05, 0) is 94.2 Å². The number of hydrogen-bond donors (Lipinski definition) is 4. The van der Waals surface area contributed by atoms with Crippen LogP contribution in [0.1, 0.15) is 89.2 Å². The van der Waals surface area contributed by atoms with Crippen molar-refractivity contribution in [1.29, 1.82) is 0 Å². The number of alkyl halides is 6. The summed E-state index contributed by atoms with van der Waals surface area (Å²) < 4.78 is 83.1. The third-order valence-electron chi connectivity index (χ3n) is 8.07. The Morgan fingerprint density at radius 3 is 1.31 bits per heavy atom. The number of aromatic nitrogens is 6. The van der Waals surface area contributed by atoms with Crippen LogP contribution in [0, 0.1) is 0 Å². The second-order valence-electron chi connectivity index (χ2n) is 13.0. The van der Waals surface area contributed by atoms with Gasteiger partial charge in [-0.2, -0.15) is 36.5 Å². The first-order valence-electron chi connectivity index (χ1n) is 17.6. The van der Waals surface area contributed by atoms with Gasteiger partial charge in [0.2, 0.25) is 0 Å². The van der Waals surface area contributed by atoms with Gasteiger partial charge in [-0.15, -0.1) is 0 Å². The highest BCUT2D eigenvalue weighted by Gasteiger charge is 2.38. The second kappa shape index (κ2) is 23.9. The van der Waals surface area contributed by atoms with Gasteiger partial charge in [0.15, 0.2) is 23.0 Å². The van der Waals surface area contributed by atoms with E-state index in [2.05, 4.69) is 105 Å². The molecule has 0 saturated carbocycles. The normalized spacial score (nSPS) is 10.9. The Bertz CT molecular complexity index is 2790. The summed E-state index contributed by atoms with van der Waals surface area (Å²) in [6.45, 7) is 3.52. The van der Waals surface area contributed by atoms with Gasteiger partial charge in [-0.3, -0.25) is 19.2 Å². The van der Waals surface area contributed by atoms with E-state index in [4.69, 9.17) is 23.2 Å². The summed E-state index contributed by atoms with van der Waals surface area (Å²) in [5.41, 5.74) is -3.27. The summed E-state index contributed by atoms with van der Waals surface area (Å²) in [5.74, 6) is -3.24. The molecule has 0 spiro atoms. The second-order valence-corrected chi connectivity index (χ2v) is 17.4. The molecule has 360 valence electrons. The number of benzene rings is 2. The number of carbonyl (C=O) groups excluding carboxylic acids is 4. The minimum absolute atomic E-state index is 0. The number of pyridine rings is 2. The third-order valence-corrected chi connectivity index (χ3v) is 10.8. The molecule has 0 bridgehead atoms. The van der Waals surface area contributed by atoms with Crippen LogP contribution in [0.4, 0.5) is 37.7 Å². The molecule has 0 aliphatic carbocycles. The van der Waals surface area contributed by atoms with Crippen LogP contribution >= 0.6 is 86.9 Å². The van der Waals surface area contributed by atoms with Gasteiger partial charge < -0.3 is 21.3 Å². The van der Waals surface area contributed by atoms with E-state index in [-0.39, 0.29) is 72.5 Å². The Kier molecular flexibility index (Phi) is 20.8. The largest absolute Gasteiger partial charge is 0.435 e. The van der Waals surface area contributed by atoms with Crippen LogP contribution in [0.25, 0.3) is 11.6 Å². The number of nitrogens with zero attached hydrogens (tertiary/aromatic N) is 6. The predicted molar refractivity (Wildman–Crippen MR) is 259 cm³/mol. The smallest absolute Gasteiger partial charge is 0.355 e. The molecule has 4 aromatic heterocycles. The fourth-order valence-electron chi connectivity index (χ4n) is 5.34. The van der Waals surface area contributed by atoms with Gasteiger partial charge >= 0.3 is 12.4 Å². The van der Waals surface area contributed by atoms with Crippen LogP contribution in [0.2, 0.25) is 10.0 Å². The third kappa shape index (κ3) is 14.1. The zero-order chi connectivity index (χ0) is 47.4. The van der Waals surface area contributed by atoms with Crippen molar-refractivity contribution in [3.63, 3.8) is 0 Å². The molecule has 26 heteroatoms. The molecule has 0 atom stereocenters. The molecule has 2 aromatic carbocycles. The van der Waals surface area contributed by atoms with Crippen LogP contribution in [-0.4, -0.2) is 66.2 Å². The summed E-state index contributed by atoms with van der Waals surface area (Å²) in [6, 6.07) is 12.8.